The number of nitrogens with zero attached hydrogens (tertiary/aromatic N) is 2. The lowest BCUT2D eigenvalue weighted by Crippen LogP contribution is -2.26. The molecule has 0 aliphatic heterocycles. The van der Waals surface area contributed by atoms with Gasteiger partial charge < -0.3 is 4.74 Å². The van der Waals surface area contributed by atoms with Crippen LogP contribution in [-0.2, 0) is 15.4 Å². The average molecular weight is 441 g/mol. The molecule has 1 heterocycles. The summed E-state index contributed by atoms with van der Waals surface area (Å²) in [7, 11) is -3.96. The van der Waals surface area contributed by atoms with Crippen molar-refractivity contribution in [1.82, 2.24) is 9.78 Å². The largest absolute Gasteiger partial charge is 0.403 e. The molecule has 0 N–H and O–H groups in total. The highest BCUT2D eigenvalue weighted by atomic mass is 32.2. The first-order chi connectivity index (χ1) is 14.3. The van der Waals surface area contributed by atoms with E-state index in [1.165, 1.54) is 4.68 Å². The Morgan fingerprint density at radius 3 is 1.97 bits per heavy atom. The predicted octanol–water partition coefficient (Wildman–Crippen LogP) is 4.92. The molecule has 0 saturated heterocycles. The number of aryl methyl sites for hydroxylation is 4. The number of benzene rings is 2. The minimum absolute atomic E-state index is 0.0743. The van der Waals surface area contributed by atoms with Gasteiger partial charge in [0.2, 0.25) is 15.7 Å². The van der Waals surface area contributed by atoms with Gasteiger partial charge in [0.15, 0.2) is 4.90 Å². The SMILES string of the molecule is Cc1ccc(S(=O)(=O)c2c(C)nn(C(C)(C)C)c2OC(=O)c2cc(C)cc(C)c2)cc1. The van der Waals surface area contributed by atoms with Crippen molar-refractivity contribution in [2.24, 2.45) is 0 Å². The third-order valence-corrected chi connectivity index (χ3v) is 6.75. The molecule has 0 spiro atoms. The topological polar surface area (TPSA) is 78.3 Å². The maximum absolute atomic E-state index is 13.5. The quantitative estimate of drug-likeness (QED) is 0.538. The molecule has 6 nitrogen and oxygen atoms in total. The van der Waals surface area contributed by atoms with E-state index in [0.29, 0.717) is 5.56 Å². The van der Waals surface area contributed by atoms with Crippen molar-refractivity contribution in [3.8, 4) is 5.88 Å². The zero-order chi connectivity index (χ0) is 23.1. The van der Waals surface area contributed by atoms with E-state index < -0.39 is 21.3 Å². The molecule has 1 aromatic heterocycles. The van der Waals surface area contributed by atoms with Crippen molar-refractivity contribution in [2.45, 2.75) is 63.8 Å². The standard InChI is InChI=1S/C24H28N2O4S/c1-15-8-10-20(11-9-15)31(28,29)21-18(4)25-26(24(5,6)7)22(21)30-23(27)19-13-16(2)12-17(3)14-19/h8-14H,1-7H3. The summed E-state index contributed by atoms with van der Waals surface area (Å²) in [6, 6.07) is 12.0. The summed E-state index contributed by atoms with van der Waals surface area (Å²) in [5.74, 6) is -0.702. The fourth-order valence-electron chi connectivity index (χ4n) is 3.42. The lowest BCUT2D eigenvalue weighted by atomic mass is 10.1. The molecule has 0 bridgehead atoms. The van der Waals surface area contributed by atoms with Crippen LogP contribution in [0.25, 0.3) is 0 Å². The number of sulfone groups is 1. The minimum atomic E-state index is -3.96. The van der Waals surface area contributed by atoms with Crippen LogP contribution in [0.15, 0.2) is 52.3 Å². The van der Waals surface area contributed by atoms with Crippen molar-refractivity contribution in [3.05, 3.63) is 70.4 Å². The second-order valence-corrected chi connectivity index (χ2v) is 10.8. The zero-order valence-corrected chi connectivity index (χ0v) is 19.8. The van der Waals surface area contributed by atoms with Crippen LogP contribution in [0.1, 0.15) is 53.5 Å². The number of hydrogen-bond acceptors (Lipinski definition) is 5. The maximum Gasteiger partial charge on any atom is 0.344 e. The number of carbonyl (C=O) groups is 1. The van der Waals surface area contributed by atoms with E-state index in [1.54, 1.807) is 43.3 Å². The number of esters is 1. The number of ether oxygens (including phenoxy) is 1. The van der Waals surface area contributed by atoms with Crippen molar-refractivity contribution in [3.63, 3.8) is 0 Å². The van der Waals surface area contributed by atoms with Crippen LogP contribution in [-0.4, -0.2) is 24.2 Å². The molecule has 0 aliphatic carbocycles. The second kappa shape index (κ2) is 7.96. The molecule has 2 aromatic carbocycles. The van der Waals surface area contributed by atoms with Crippen molar-refractivity contribution < 1.29 is 17.9 Å². The summed E-state index contributed by atoms with van der Waals surface area (Å²) in [5.41, 5.74) is 2.81. The smallest absolute Gasteiger partial charge is 0.344 e. The Morgan fingerprint density at radius 1 is 0.903 bits per heavy atom. The van der Waals surface area contributed by atoms with E-state index in [4.69, 9.17) is 4.74 Å². The fraction of sp³-hybridized carbons (Fsp3) is 0.333. The van der Waals surface area contributed by atoms with Gasteiger partial charge in [-0.05, 0) is 72.7 Å². The Balaban J connectivity index is 2.18. The van der Waals surface area contributed by atoms with Gasteiger partial charge in [-0.25, -0.2) is 17.9 Å². The molecular weight excluding hydrogens is 412 g/mol. The van der Waals surface area contributed by atoms with E-state index in [1.807, 2.05) is 47.6 Å². The molecule has 3 rings (SSSR count). The lowest BCUT2D eigenvalue weighted by Gasteiger charge is -2.22. The molecule has 0 saturated carbocycles. The normalized spacial score (nSPS) is 12.1. The van der Waals surface area contributed by atoms with Crippen LogP contribution >= 0.6 is 0 Å². The first-order valence-corrected chi connectivity index (χ1v) is 11.5. The molecule has 31 heavy (non-hydrogen) atoms. The van der Waals surface area contributed by atoms with E-state index in [0.717, 1.165) is 16.7 Å². The number of hydrogen-bond donors (Lipinski definition) is 0. The molecule has 0 fully saturated rings. The first-order valence-electron chi connectivity index (χ1n) is 10.0. The Kier molecular flexibility index (Phi) is 5.84. The summed E-state index contributed by atoms with van der Waals surface area (Å²) in [6.45, 7) is 12.9. The molecule has 0 amide bonds. The van der Waals surface area contributed by atoms with E-state index in [2.05, 4.69) is 5.10 Å². The summed E-state index contributed by atoms with van der Waals surface area (Å²) >= 11 is 0. The molecular formula is C24H28N2O4S. The highest BCUT2D eigenvalue weighted by Gasteiger charge is 2.34. The molecule has 0 aliphatic rings. The van der Waals surface area contributed by atoms with Gasteiger partial charge in [0.1, 0.15) is 0 Å². The number of aromatic nitrogens is 2. The summed E-state index contributed by atoms with van der Waals surface area (Å²) in [5, 5.41) is 4.43. The highest BCUT2D eigenvalue weighted by Crippen LogP contribution is 2.36. The minimum Gasteiger partial charge on any atom is -0.403 e. The van der Waals surface area contributed by atoms with Crippen LogP contribution in [0.3, 0.4) is 0 Å². The van der Waals surface area contributed by atoms with Crippen molar-refractivity contribution in [1.29, 1.82) is 0 Å². The molecule has 0 unspecified atom stereocenters. The third-order valence-electron chi connectivity index (χ3n) is 4.85. The monoisotopic (exact) mass is 440 g/mol. The molecule has 0 radical (unpaired) electrons. The van der Waals surface area contributed by atoms with Crippen LogP contribution < -0.4 is 4.74 Å². The zero-order valence-electron chi connectivity index (χ0n) is 19.0. The fourth-order valence-corrected chi connectivity index (χ4v) is 4.94. The Hall–Kier alpha value is -2.93. The van der Waals surface area contributed by atoms with Crippen LogP contribution in [0.5, 0.6) is 5.88 Å². The van der Waals surface area contributed by atoms with Crippen LogP contribution in [0.2, 0.25) is 0 Å². The van der Waals surface area contributed by atoms with Crippen LogP contribution in [0, 0.1) is 27.7 Å². The molecule has 0 atom stereocenters. The van der Waals surface area contributed by atoms with Gasteiger partial charge in [0.25, 0.3) is 0 Å². The van der Waals surface area contributed by atoms with Gasteiger partial charge >= 0.3 is 5.97 Å². The molecule has 7 heteroatoms. The van der Waals surface area contributed by atoms with E-state index in [9.17, 15) is 13.2 Å². The first kappa shape index (κ1) is 22.7. The highest BCUT2D eigenvalue weighted by molar-refractivity contribution is 7.91. The maximum atomic E-state index is 13.5. The number of carbonyl (C=O) groups excluding carboxylic acids is 1. The third kappa shape index (κ3) is 4.56. The Bertz CT molecular complexity index is 1230. The second-order valence-electron chi connectivity index (χ2n) is 8.88. The summed E-state index contributed by atoms with van der Waals surface area (Å²) in [6.07, 6.45) is 0. The van der Waals surface area contributed by atoms with Gasteiger partial charge in [0, 0.05) is 0 Å². The average Bonchev–Trinajstić information content (AvgIpc) is 2.98. The lowest BCUT2D eigenvalue weighted by molar-refractivity contribution is 0.0703. The van der Waals surface area contributed by atoms with Gasteiger partial charge in [0.05, 0.1) is 21.7 Å². The molecule has 3 aromatic rings. The van der Waals surface area contributed by atoms with Crippen molar-refractivity contribution >= 4 is 15.8 Å². The summed E-state index contributed by atoms with van der Waals surface area (Å²) < 4.78 is 34.2. The predicted molar refractivity (Wildman–Crippen MR) is 119 cm³/mol. The van der Waals surface area contributed by atoms with Crippen molar-refractivity contribution in [2.75, 3.05) is 0 Å². The number of rotatable bonds is 4. The van der Waals surface area contributed by atoms with Gasteiger partial charge in [-0.3, -0.25) is 0 Å². The Morgan fingerprint density at radius 2 is 1.45 bits per heavy atom. The van der Waals surface area contributed by atoms with Gasteiger partial charge in [-0.15, -0.1) is 0 Å². The molecule has 164 valence electrons. The Labute approximate surface area is 183 Å². The van der Waals surface area contributed by atoms with E-state index in [-0.39, 0.29) is 21.4 Å². The summed E-state index contributed by atoms with van der Waals surface area (Å²) in [4.78, 5) is 13.0. The van der Waals surface area contributed by atoms with Gasteiger partial charge in [-0.1, -0.05) is 34.9 Å². The van der Waals surface area contributed by atoms with Crippen LogP contribution in [0.4, 0.5) is 0 Å². The van der Waals surface area contributed by atoms with Gasteiger partial charge in [-0.2, -0.15) is 5.10 Å². The van der Waals surface area contributed by atoms with E-state index >= 15 is 0 Å².